The lowest BCUT2D eigenvalue weighted by Crippen LogP contribution is -2.31. The van der Waals surface area contributed by atoms with Crippen LogP contribution in [0.2, 0.25) is 0 Å². The van der Waals surface area contributed by atoms with Crippen LogP contribution in [0.15, 0.2) is 29.4 Å². The largest absolute Gasteiger partial charge is 0.335 e. The van der Waals surface area contributed by atoms with Crippen LogP contribution >= 0.6 is 11.8 Å². The highest BCUT2D eigenvalue weighted by Gasteiger charge is 2.23. The average molecular weight is 420 g/mol. The van der Waals surface area contributed by atoms with Gasteiger partial charge in [0, 0.05) is 25.2 Å². The van der Waals surface area contributed by atoms with E-state index in [9.17, 15) is 14.0 Å². The molecule has 1 atom stereocenters. The summed E-state index contributed by atoms with van der Waals surface area (Å²) in [6, 6.07) is 5.65. The third kappa shape index (κ3) is 5.56. The van der Waals surface area contributed by atoms with Gasteiger partial charge in [-0.05, 0) is 51.0 Å². The van der Waals surface area contributed by atoms with Crippen molar-refractivity contribution >= 4 is 29.3 Å². The van der Waals surface area contributed by atoms with Gasteiger partial charge in [-0.15, -0.1) is 10.2 Å². The van der Waals surface area contributed by atoms with E-state index in [0.717, 1.165) is 31.6 Å². The third-order valence-corrected chi connectivity index (χ3v) is 5.96. The van der Waals surface area contributed by atoms with Crippen molar-refractivity contribution in [2.24, 2.45) is 0 Å². The topological polar surface area (TPSA) is 80.1 Å². The number of thioether (sulfide) groups is 1. The molecule has 2 heterocycles. The van der Waals surface area contributed by atoms with Gasteiger partial charge < -0.3 is 14.8 Å². The number of nitrogens with one attached hydrogen (secondary N) is 1. The molecule has 2 aromatic rings. The van der Waals surface area contributed by atoms with Gasteiger partial charge >= 0.3 is 0 Å². The van der Waals surface area contributed by atoms with Crippen LogP contribution in [0.4, 0.5) is 10.1 Å². The molecule has 3 rings (SSSR count). The van der Waals surface area contributed by atoms with Gasteiger partial charge in [0.05, 0.1) is 11.8 Å². The predicted molar refractivity (Wildman–Crippen MR) is 110 cm³/mol. The summed E-state index contributed by atoms with van der Waals surface area (Å²) in [5, 5.41) is 11.5. The molecule has 1 aliphatic heterocycles. The predicted octanol–water partition coefficient (Wildman–Crippen LogP) is 3.46. The van der Waals surface area contributed by atoms with Gasteiger partial charge in [-0.3, -0.25) is 9.59 Å². The first-order valence-corrected chi connectivity index (χ1v) is 10.8. The van der Waals surface area contributed by atoms with E-state index in [-0.39, 0.29) is 17.6 Å². The lowest BCUT2D eigenvalue weighted by molar-refractivity contribution is -0.131. The minimum atomic E-state index is -0.415. The molecule has 1 aromatic carbocycles. The van der Waals surface area contributed by atoms with Crippen molar-refractivity contribution in [2.75, 3.05) is 11.9 Å². The number of carbonyl (C=O) groups excluding carboxylic acids is 2. The smallest absolute Gasteiger partial charge is 0.237 e. The highest BCUT2D eigenvalue weighted by molar-refractivity contribution is 8.00. The molecular formula is C20H26FN5O2S. The molecule has 1 unspecified atom stereocenters. The van der Waals surface area contributed by atoms with Gasteiger partial charge in [0.25, 0.3) is 0 Å². The monoisotopic (exact) mass is 419 g/mol. The highest BCUT2D eigenvalue weighted by Crippen LogP contribution is 2.24. The van der Waals surface area contributed by atoms with Crippen LogP contribution < -0.4 is 5.32 Å². The van der Waals surface area contributed by atoms with Crippen LogP contribution in [-0.2, 0) is 22.7 Å². The zero-order valence-corrected chi connectivity index (χ0v) is 17.5. The summed E-state index contributed by atoms with van der Waals surface area (Å²) in [5.74, 6) is 0.346. The Hall–Kier alpha value is -2.42. The second-order valence-corrected chi connectivity index (χ2v) is 8.33. The van der Waals surface area contributed by atoms with E-state index in [1.165, 1.54) is 36.0 Å². The first-order chi connectivity index (χ1) is 14.0. The highest BCUT2D eigenvalue weighted by atomic mass is 32.2. The summed E-state index contributed by atoms with van der Waals surface area (Å²) < 4.78 is 15.0. The maximum Gasteiger partial charge on any atom is 0.237 e. The quantitative estimate of drug-likeness (QED) is 0.695. The SMILES string of the molecule is CCn1c(CN2CCCCCC2=O)nnc1SC(C)C(=O)Nc1ccc(F)cc1. The number of anilines is 1. The second kappa shape index (κ2) is 9.87. The van der Waals surface area contributed by atoms with Crippen molar-refractivity contribution in [2.45, 2.75) is 63.0 Å². The van der Waals surface area contributed by atoms with E-state index >= 15 is 0 Å². The fourth-order valence-electron chi connectivity index (χ4n) is 3.21. The van der Waals surface area contributed by atoms with Crippen molar-refractivity contribution in [3.63, 3.8) is 0 Å². The van der Waals surface area contributed by atoms with Gasteiger partial charge in [0.1, 0.15) is 5.82 Å². The van der Waals surface area contributed by atoms with Crippen molar-refractivity contribution in [1.82, 2.24) is 19.7 Å². The average Bonchev–Trinajstić information content (AvgIpc) is 2.96. The molecule has 156 valence electrons. The van der Waals surface area contributed by atoms with Crippen LogP contribution in [0.5, 0.6) is 0 Å². The van der Waals surface area contributed by atoms with E-state index < -0.39 is 5.25 Å². The minimum absolute atomic E-state index is 0.161. The number of amides is 2. The molecule has 1 aliphatic rings. The van der Waals surface area contributed by atoms with Gasteiger partial charge in [-0.2, -0.15) is 0 Å². The zero-order valence-electron chi connectivity index (χ0n) is 16.7. The standard InChI is InChI=1S/C20H26FN5O2S/c1-3-26-17(13-25-12-6-4-5-7-18(25)27)23-24-20(26)29-14(2)19(28)22-16-10-8-15(21)9-11-16/h8-11,14H,3-7,12-13H2,1-2H3,(H,22,28). The summed E-state index contributed by atoms with van der Waals surface area (Å²) in [4.78, 5) is 26.6. The first-order valence-electron chi connectivity index (χ1n) is 9.91. The Balaban J connectivity index is 1.65. The van der Waals surface area contributed by atoms with E-state index in [0.29, 0.717) is 30.4 Å². The minimum Gasteiger partial charge on any atom is -0.335 e. The number of hydrogen-bond acceptors (Lipinski definition) is 5. The molecule has 1 N–H and O–H groups in total. The fourth-order valence-corrected chi connectivity index (χ4v) is 4.14. The van der Waals surface area contributed by atoms with Gasteiger partial charge in [-0.1, -0.05) is 18.2 Å². The number of halogens is 1. The van der Waals surface area contributed by atoms with E-state index in [1.807, 2.05) is 16.4 Å². The fraction of sp³-hybridized carbons (Fsp3) is 0.500. The molecule has 0 bridgehead atoms. The molecule has 29 heavy (non-hydrogen) atoms. The lowest BCUT2D eigenvalue weighted by atomic mass is 10.2. The molecule has 1 aromatic heterocycles. The maximum atomic E-state index is 13.0. The van der Waals surface area contributed by atoms with Crippen molar-refractivity contribution in [3.8, 4) is 0 Å². The van der Waals surface area contributed by atoms with Crippen LogP contribution in [0.1, 0.15) is 45.4 Å². The van der Waals surface area contributed by atoms with E-state index in [4.69, 9.17) is 0 Å². The number of aromatic nitrogens is 3. The number of benzene rings is 1. The van der Waals surface area contributed by atoms with Gasteiger partial charge in [0.15, 0.2) is 11.0 Å². The van der Waals surface area contributed by atoms with Crippen LogP contribution in [-0.4, -0.2) is 43.3 Å². The summed E-state index contributed by atoms with van der Waals surface area (Å²) in [6.45, 7) is 5.62. The van der Waals surface area contributed by atoms with Crippen LogP contribution in [0.3, 0.4) is 0 Å². The van der Waals surface area contributed by atoms with Crippen molar-refractivity contribution < 1.29 is 14.0 Å². The summed E-state index contributed by atoms with van der Waals surface area (Å²) in [7, 11) is 0. The Labute approximate surface area is 174 Å². The molecule has 0 saturated carbocycles. The zero-order chi connectivity index (χ0) is 20.8. The molecule has 0 aliphatic carbocycles. The summed E-state index contributed by atoms with van der Waals surface area (Å²) >= 11 is 1.31. The molecule has 9 heteroatoms. The number of nitrogens with zero attached hydrogens (tertiary/aromatic N) is 4. The molecule has 0 radical (unpaired) electrons. The molecule has 7 nitrogen and oxygen atoms in total. The Bertz CT molecular complexity index is 855. The van der Waals surface area contributed by atoms with Crippen molar-refractivity contribution in [3.05, 3.63) is 35.9 Å². The Morgan fingerprint density at radius 3 is 2.72 bits per heavy atom. The maximum absolute atomic E-state index is 13.0. The number of hydrogen-bond donors (Lipinski definition) is 1. The van der Waals surface area contributed by atoms with Crippen molar-refractivity contribution in [1.29, 1.82) is 0 Å². The first kappa shape index (κ1) is 21.3. The normalized spacial score (nSPS) is 15.8. The van der Waals surface area contributed by atoms with E-state index in [2.05, 4.69) is 15.5 Å². The summed E-state index contributed by atoms with van der Waals surface area (Å²) in [5.41, 5.74) is 0.543. The Morgan fingerprint density at radius 2 is 2.00 bits per heavy atom. The second-order valence-electron chi connectivity index (χ2n) is 7.03. The molecule has 1 saturated heterocycles. The van der Waals surface area contributed by atoms with Crippen LogP contribution in [0, 0.1) is 5.82 Å². The number of carbonyl (C=O) groups is 2. The number of rotatable bonds is 7. The third-order valence-electron chi connectivity index (χ3n) is 4.88. The van der Waals surface area contributed by atoms with Crippen LogP contribution in [0.25, 0.3) is 0 Å². The molecule has 1 fully saturated rings. The van der Waals surface area contributed by atoms with Gasteiger partial charge in [0.2, 0.25) is 11.8 Å². The lowest BCUT2D eigenvalue weighted by Gasteiger charge is -2.20. The van der Waals surface area contributed by atoms with Gasteiger partial charge in [-0.25, -0.2) is 4.39 Å². The Kier molecular flexibility index (Phi) is 7.24. The molecule has 2 amide bonds. The summed E-state index contributed by atoms with van der Waals surface area (Å²) in [6.07, 6.45) is 3.61. The number of likely N-dealkylation sites (tertiary alicyclic amines) is 1. The Morgan fingerprint density at radius 1 is 1.24 bits per heavy atom. The van der Waals surface area contributed by atoms with E-state index in [1.54, 1.807) is 6.92 Å². The molecule has 0 spiro atoms. The molecular weight excluding hydrogens is 393 g/mol.